The first kappa shape index (κ1) is 20.2. The van der Waals surface area contributed by atoms with Gasteiger partial charge in [0.15, 0.2) is 0 Å². The van der Waals surface area contributed by atoms with E-state index in [-0.39, 0.29) is 47.9 Å². The molecule has 6 nitrogen and oxygen atoms in total. The number of halogens is 2. The third-order valence-electron chi connectivity index (χ3n) is 3.84. The number of piperazine rings is 1. The topological polar surface area (TPSA) is 78.1 Å². The second-order valence-corrected chi connectivity index (χ2v) is 5.38. The van der Waals surface area contributed by atoms with Crippen LogP contribution in [-0.4, -0.2) is 46.5 Å². The molecule has 0 bridgehead atoms. The molecule has 3 rings (SSSR count). The smallest absolute Gasteiger partial charge is 0.261 e. The number of aromatic nitrogens is 2. The number of H-pyrrole nitrogens is 1. The van der Waals surface area contributed by atoms with Crippen LogP contribution in [0, 0.1) is 0 Å². The molecule has 2 aromatic rings. The van der Waals surface area contributed by atoms with Gasteiger partial charge in [-0.2, -0.15) is 0 Å². The molecule has 3 heterocycles. The van der Waals surface area contributed by atoms with Crippen LogP contribution in [0.3, 0.4) is 0 Å². The van der Waals surface area contributed by atoms with Crippen LogP contribution >= 0.6 is 24.8 Å². The molecular weight excluding hydrogens is 351 g/mol. The van der Waals surface area contributed by atoms with Crippen LogP contribution in [0.25, 0.3) is 11.4 Å². The number of carbonyl (C=O) groups is 1. The summed E-state index contributed by atoms with van der Waals surface area (Å²) in [5.74, 6) is -0.220. The summed E-state index contributed by atoms with van der Waals surface area (Å²) < 4.78 is 0. The van der Waals surface area contributed by atoms with Gasteiger partial charge in [0.05, 0.1) is 11.4 Å². The highest BCUT2D eigenvalue weighted by atomic mass is 35.5. The third kappa shape index (κ3) is 4.14. The minimum atomic E-state index is -0.376. The van der Waals surface area contributed by atoms with E-state index in [1.54, 1.807) is 23.2 Å². The number of amides is 1. The average Bonchev–Trinajstić information content (AvgIpc) is 2.55. The van der Waals surface area contributed by atoms with E-state index < -0.39 is 0 Å². The quantitative estimate of drug-likeness (QED) is 0.843. The van der Waals surface area contributed by atoms with Crippen molar-refractivity contribution in [2.75, 3.05) is 19.6 Å². The van der Waals surface area contributed by atoms with Crippen LogP contribution in [-0.2, 0) is 0 Å². The highest BCUT2D eigenvalue weighted by molar-refractivity contribution is 5.94. The first-order valence-electron chi connectivity index (χ1n) is 7.33. The van der Waals surface area contributed by atoms with Gasteiger partial charge in [-0.3, -0.25) is 14.6 Å². The molecule has 0 spiro atoms. The predicted octanol–water partition coefficient (Wildman–Crippen LogP) is 1.71. The van der Waals surface area contributed by atoms with Gasteiger partial charge < -0.3 is 15.2 Å². The lowest BCUT2D eigenvalue weighted by Gasteiger charge is -2.33. The van der Waals surface area contributed by atoms with Crippen molar-refractivity contribution in [2.24, 2.45) is 0 Å². The fourth-order valence-electron chi connectivity index (χ4n) is 2.61. The molecule has 0 unspecified atom stereocenters. The van der Waals surface area contributed by atoms with E-state index in [9.17, 15) is 9.59 Å². The van der Waals surface area contributed by atoms with Crippen LogP contribution in [0.15, 0.2) is 41.3 Å². The molecule has 24 heavy (non-hydrogen) atoms. The molecule has 2 aromatic heterocycles. The molecule has 1 aliphatic rings. The summed E-state index contributed by atoms with van der Waals surface area (Å²) in [6.45, 7) is 4.08. The van der Waals surface area contributed by atoms with E-state index in [1.807, 2.05) is 25.1 Å². The monoisotopic (exact) mass is 370 g/mol. The molecule has 130 valence electrons. The summed E-state index contributed by atoms with van der Waals surface area (Å²) in [4.78, 5) is 33.5. The number of aromatic amines is 1. The SMILES string of the molecule is C[C@H]1CNCCN1C(=O)c1ccc(-c2ccccn2)[nH]c1=O.Cl.Cl. The Morgan fingerprint density at radius 1 is 1.25 bits per heavy atom. The van der Waals surface area contributed by atoms with Gasteiger partial charge >= 0.3 is 0 Å². The predicted molar refractivity (Wildman–Crippen MR) is 98.2 cm³/mol. The number of hydrogen-bond donors (Lipinski definition) is 2. The maximum absolute atomic E-state index is 12.5. The van der Waals surface area contributed by atoms with Gasteiger partial charge in [-0.05, 0) is 31.2 Å². The van der Waals surface area contributed by atoms with Gasteiger partial charge in [0.2, 0.25) is 0 Å². The zero-order valence-corrected chi connectivity index (χ0v) is 14.8. The maximum Gasteiger partial charge on any atom is 0.261 e. The van der Waals surface area contributed by atoms with Gasteiger partial charge in [-0.25, -0.2) is 0 Å². The Hall–Kier alpha value is -1.89. The van der Waals surface area contributed by atoms with Crippen molar-refractivity contribution in [1.82, 2.24) is 20.2 Å². The van der Waals surface area contributed by atoms with E-state index in [0.717, 1.165) is 13.1 Å². The molecule has 1 amide bonds. The number of hydrogen-bond acceptors (Lipinski definition) is 4. The molecule has 0 saturated carbocycles. The molecule has 0 aliphatic carbocycles. The Kier molecular flexibility index (Phi) is 7.41. The van der Waals surface area contributed by atoms with Gasteiger partial charge in [0, 0.05) is 31.9 Å². The summed E-state index contributed by atoms with van der Waals surface area (Å²) in [5, 5.41) is 3.23. The van der Waals surface area contributed by atoms with Gasteiger partial charge in [-0.15, -0.1) is 24.8 Å². The molecule has 0 aromatic carbocycles. The van der Waals surface area contributed by atoms with Crippen molar-refractivity contribution in [3.63, 3.8) is 0 Å². The first-order chi connectivity index (χ1) is 10.7. The van der Waals surface area contributed by atoms with Crippen LogP contribution in [0.5, 0.6) is 0 Å². The van der Waals surface area contributed by atoms with Crippen LogP contribution < -0.4 is 10.9 Å². The lowest BCUT2D eigenvalue weighted by atomic mass is 10.1. The van der Waals surface area contributed by atoms with Gasteiger partial charge in [0.1, 0.15) is 5.56 Å². The van der Waals surface area contributed by atoms with Crippen molar-refractivity contribution in [1.29, 1.82) is 0 Å². The zero-order chi connectivity index (χ0) is 15.5. The normalized spacial score (nSPS) is 16.7. The Morgan fingerprint density at radius 2 is 2.04 bits per heavy atom. The van der Waals surface area contributed by atoms with E-state index in [4.69, 9.17) is 0 Å². The second kappa shape index (κ2) is 8.82. The Labute approximate surface area is 152 Å². The largest absolute Gasteiger partial charge is 0.333 e. The Balaban J connectivity index is 0.00000144. The highest BCUT2D eigenvalue weighted by Crippen LogP contribution is 2.13. The number of pyridine rings is 2. The summed E-state index contributed by atoms with van der Waals surface area (Å²) in [6.07, 6.45) is 1.66. The van der Waals surface area contributed by atoms with E-state index in [1.165, 1.54) is 0 Å². The van der Waals surface area contributed by atoms with Crippen molar-refractivity contribution in [2.45, 2.75) is 13.0 Å². The molecule has 8 heteroatoms. The van der Waals surface area contributed by atoms with E-state index in [2.05, 4.69) is 15.3 Å². The highest BCUT2D eigenvalue weighted by Gasteiger charge is 2.25. The minimum absolute atomic E-state index is 0. The number of nitrogens with one attached hydrogen (secondary N) is 2. The second-order valence-electron chi connectivity index (χ2n) is 5.38. The van der Waals surface area contributed by atoms with Crippen LogP contribution in [0.1, 0.15) is 17.3 Å². The minimum Gasteiger partial charge on any atom is -0.333 e. The molecule has 1 saturated heterocycles. The Bertz CT molecular complexity index is 736. The number of carbonyl (C=O) groups excluding carboxylic acids is 1. The Morgan fingerprint density at radius 3 is 2.67 bits per heavy atom. The van der Waals surface area contributed by atoms with Crippen molar-refractivity contribution in [3.05, 3.63) is 52.4 Å². The van der Waals surface area contributed by atoms with Gasteiger partial charge in [-0.1, -0.05) is 6.07 Å². The molecule has 0 radical (unpaired) electrons. The van der Waals surface area contributed by atoms with Crippen molar-refractivity contribution < 1.29 is 4.79 Å². The first-order valence-corrected chi connectivity index (χ1v) is 7.33. The lowest BCUT2D eigenvalue weighted by Crippen LogP contribution is -2.53. The molecule has 1 fully saturated rings. The fourth-order valence-corrected chi connectivity index (χ4v) is 2.61. The molecule has 1 atom stereocenters. The van der Waals surface area contributed by atoms with E-state index >= 15 is 0 Å². The summed E-state index contributed by atoms with van der Waals surface area (Å²) in [6, 6.07) is 8.86. The van der Waals surface area contributed by atoms with Crippen molar-refractivity contribution >= 4 is 30.7 Å². The van der Waals surface area contributed by atoms with E-state index in [0.29, 0.717) is 17.9 Å². The zero-order valence-electron chi connectivity index (χ0n) is 13.2. The number of rotatable bonds is 2. The summed E-state index contributed by atoms with van der Waals surface area (Å²) >= 11 is 0. The number of nitrogens with zero attached hydrogens (tertiary/aromatic N) is 2. The maximum atomic E-state index is 12.5. The lowest BCUT2D eigenvalue weighted by molar-refractivity contribution is 0.0654. The van der Waals surface area contributed by atoms with Crippen molar-refractivity contribution in [3.8, 4) is 11.4 Å². The average molecular weight is 371 g/mol. The molecule has 2 N–H and O–H groups in total. The third-order valence-corrected chi connectivity index (χ3v) is 3.84. The van der Waals surface area contributed by atoms with Gasteiger partial charge in [0.25, 0.3) is 11.5 Å². The fraction of sp³-hybridized carbons (Fsp3) is 0.312. The van der Waals surface area contributed by atoms with Crippen LogP contribution in [0.4, 0.5) is 0 Å². The molecule has 1 aliphatic heterocycles. The summed E-state index contributed by atoms with van der Waals surface area (Å²) in [5.41, 5.74) is 1.08. The molecular formula is C16H20Cl2N4O2. The van der Waals surface area contributed by atoms with Crippen LogP contribution in [0.2, 0.25) is 0 Å². The standard InChI is InChI=1S/C16H18N4O2.2ClH/c1-11-10-17-8-9-20(11)16(22)12-5-6-14(19-15(12)21)13-4-2-3-7-18-13;;/h2-7,11,17H,8-10H2,1H3,(H,19,21);2*1H/t11-;;/m0../s1. The summed E-state index contributed by atoms with van der Waals surface area (Å²) in [7, 11) is 0.